The fraction of sp³-hybridized carbons (Fsp3) is 0.261. The van der Waals surface area contributed by atoms with Crippen molar-refractivity contribution in [3.05, 3.63) is 81.7 Å². The van der Waals surface area contributed by atoms with Gasteiger partial charge in [-0.25, -0.2) is 0 Å². The fourth-order valence-electron chi connectivity index (χ4n) is 3.33. The molecule has 139 valence electrons. The first-order valence-electron chi connectivity index (χ1n) is 8.95. The molecule has 0 aliphatic rings. The van der Waals surface area contributed by atoms with Crippen molar-refractivity contribution >= 4 is 11.6 Å². The maximum Gasteiger partial charge on any atom is 0.224 e. The van der Waals surface area contributed by atoms with E-state index in [1.54, 1.807) is 12.1 Å². The molecule has 1 heterocycles. The molecule has 1 radical (unpaired) electrons. The first kappa shape index (κ1) is 22.2. The summed E-state index contributed by atoms with van der Waals surface area (Å²) in [4.78, 5) is 11.2. The molecule has 0 amide bonds. The Kier molecular flexibility index (Phi) is 7.46. The first-order chi connectivity index (χ1) is 12.9. The van der Waals surface area contributed by atoms with Crippen LogP contribution in [-0.4, -0.2) is 17.0 Å². The minimum absolute atomic E-state index is 0. The van der Waals surface area contributed by atoms with Crippen molar-refractivity contribution < 1.29 is 32.7 Å². The second kappa shape index (κ2) is 9.41. The summed E-state index contributed by atoms with van der Waals surface area (Å²) < 4.78 is 0. The molecule has 0 fully saturated rings. The summed E-state index contributed by atoms with van der Waals surface area (Å²) in [6, 6.07) is 17.3. The van der Waals surface area contributed by atoms with Gasteiger partial charge in [0.2, 0.25) is 5.95 Å². The van der Waals surface area contributed by atoms with Crippen LogP contribution in [0.1, 0.15) is 39.2 Å². The summed E-state index contributed by atoms with van der Waals surface area (Å²) in [6.45, 7) is 8.35. The number of benzene rings is 2. The Hall–Kier alpha value is -2.09. The molecular weight excluding hydrogens is 421 g/mol. The predicted molar refractivity (Wildman–Crippen MR) is 108 cm³/mol. The SMILES string of the molecule is Cc1cc(C)c(Cc2[c-]c(C)nc(N(C)c3ccc(C#N)cc3)n2)c(C)c1.[Y]. The van der Waals surface area contributed by atoms with E-state index in [1.165, 1.54) is 22.3 Å². The molecule has 0 N–H and O–H groups in total. The van der Waals surface area contributed by atoms with Gasteiger partial charge in [0.15, 0.2) is 0 Å². The van der Waals surface area contributed by atoms with E-state index >= 15 is 0 Å². The number of rotatable bonds is 4. The number of aromatic nitrogens is 2. The number of hydrogen-bond donors (Lipinski definition) is 0. The van der Waals surface area contributed by atoms with Crippen LogP contribution in [0.25, 0.3) is 0 Å². The fourth-order valence-corrected chi connectivity index (χ4v) is 3.33. The molecule has 3 rings (SSSR count). The average molecular weight is 444 g/mol. The van der Waals surface area contributed by atoms with Crippen LogP contribution in [0.5, 0.6) is 0 Å². The molecule has 0 aliphatic heterocycles. The zero-order valence-corrected chi connectivity index (χ0v) is 19.9. The van der Waals surface area contributed by atoms with Crippen molar-refractivity contribution in [1.82, 2.24) is 9.97 Å². The van der Waals surface area contributed by atoms with E-state index in [0.717, 1.165) is 23.5 Å². The third-order valence-corrected chi connectivity index (χ3v) is 4.70. The molecule has 3 aromatic rings. The third kappa shape index (κ3) is 5.04. The largest absolute Gasteiger partial charge is 0.426 e. The second-order valence-electron chi connectivity index (χ2n) is 6.95. The van der Waals surface area contributed by atoms with Gasteiger partial charge in [-0.1, -0.05) is 24.6 Å². The Bertz CT molecular complexity index is 997. The average Bonchev–Trinajstić information content (AvgIpc) is 2.63. The van der Waals surface area contributed by atoms with Crippen molar-refractivity contribution in [2.45, 2.75) is 34.1 Å². The van der Waals surface area contributed by atoms with Crippen molar-refractivity contribution in [2.75, 3.05) is 11.9 Å². The summed E-state index contributed by atoms with van der Waals surface area (Å²) in [6.07, 6.45) is 0.732. The molecule has 2 aromatic carbocycles. The quantitative estimate of drug-likeness (QED) is 0.546. The Balaban J connectivity index is 0.00000280. The van der Waals surface area contributed by atoms with Crippen LogP contribution in [0.15, 0.2) is 36.4 Å². The van der Waals surface area contributed by atoms with Crippen molar-refractivity contribution in [2.24, 2.45) is 0 Å². The van der Waals surface area contributed by atoms with Crippen molar-refractivity contribution in [1.29, 1.82) is 5.26 Å². The van der Waals surface area contributed by atoms with E-state index in [1.807, 2.05) is 31.0 Å². The third-order valence-electron chi connectivity index (χ3n) is 4.70. The standard InChI is InChI=1S/C23H23N4.Y/c1-15-10-16(2)22(17(3)11-15)13-20-12-18(4)25-23(26-20)27(5)21-8-6-19(14-24)7-9-21;/h6-11H,13H2,1-5H3;/q-1;. The maximum absolute atomic E-state index is 8.97. The summed E-state index contributed by atoms with van der Waals surface area (Å²) in [5.41, 5.74) is 8.40. The van der Waals surface area contributed by atoms with E-state index in [2.05, 4.69) is 50.0 Å². The summed E-state index contributed by atoms with van der Waals surface area (Å²) in [5, 5.41) is 8.97. The van der Waals surface area contributed by atoms with E-state index < -0.39 is 0 Å². The molecule has 0 unspecified atom stereocenters. The topological polar surface area (TPSA) is 52.8 Å². The molecule has 1 aromatic heterocycles. The molecular formula is C23H23N4Y-. The molecule has 5 heteroatoms. The van der Waals surface area contributed by atoms with Gasteiger partial charge in [-0.05, 0) is 68.1 Å². The Morgan fingerprint density at radius 3 is 2.18 bits per heavy atom. The van der Waals surface area contributed by atoms with Gasteiger partial charge in [0.1, 0.15) is 0 Å². The van der Waals surface area contributed by atoms with Crippen LogP contribution >= 0.6 is 0 Å². The number of aryl methyl sites for hydroxylation is 4. The number of anilines is 2. The minimum atomic E-state index is 0. The van der Waals surface area contributed by atoms with E-state index in [0.29, 0.717) is 11.5 Å². The van der Waals surface area contributed by atoms with Gasteiger partial charge in [0, 0.05) is 45.4 Å². The summed E-state index contributed by atoms with van der Waals surface area (Å²) in [5.74, 6) is 0.633. The van der Waals surface area contributed by atoms with Crippen LogP contribution in [0, 0.1) is 45.1 Å². The molecule has 0 atom stereocenters. The van der Waals surface area contributed by atoms with Crippen molar-refractivity contribution in [3.63, 3.8) is 0 Å². The van der Waals surface area contributed by atoms with Gasteiger partial charge in [0.05, 0.1) is 11.6 Å². The molecule has 28 heavy (non-hydrogen) atoms. The smallest absolute Gasteiger partial charge is 0.224 e. The molecule has 0 spiro atoms. The number of nitriles is 1. The van der Waals surface area contributed by atoms with Gasteiger partial charge in [0.25, 0.3) is 0 Å². The van der Waals surface area contributed by atoms with Gasteiger partial charge in [-0.15, -0.1) is 11.4 Å². The number of nitrogens with zero attached hydrogens (tertiary/aromatic N) is 4. The summed E-state index contributed by atoms with van der Waals surface area (Å²) >= 11 is 0. The second-order valence-corrected chi connectivity index (χ2v) is 6.95. The van der Waals surface area contributed by atoms with Crippen LogP contribution in [0.3, 0.4) is 0 Å². The summed E-state index contributed by atoms with van der Waals surface area (Å²) in [7, 11) is 1.93. The zero-order valence-electron chi connectivity index (χ0n) is 17.0. The molecule has 0 aliphatic carbocycles. The van der Waals surface area contributed by atoms with Crippen LogP contribution in [0.4, 0.5) is 11.6 Å². The molecule has 4 nitrogen and oxygen atoms in total. The van der Waals surface area contributed by atoms with Crippen LogP contribution in [0.2, 0.25) is 0 Å². The number of hydrogen-bond acceptors (Lipinski definition) is 4. The minimum Gasteiger partial charge on any atom is -0.426 e. The monoisotopic (exact) mass is 444 g/mol. The van der Waals surface area contributed by atoms with Gasteiger partial charge >= 0.3 is 0 Å². The molecule has 0 saturated carbocycles. The zero-order chi connectivity index (χ0) is 19.6. The predicted octanol–water partition coefficient (Wildman–Crippen LogP) is 4.74. The van der Waals surface area contributed by atoms with Gasteiger partial charge in [-0.3, -0.25) is 9.97 Å². The Morgan fingerprint density at radius 1 is 1.00 bits per heavy atom. The maximum atomic E-state index is 8.97. The Morgan fingerprint density at radius 2 is 1.61 bits per heavy atom. The van der Waals surface area contributed by atoms with Crippen LogP contribution in [-0.2, 0) is 39.1 Å². The van der Waals surface area contributed by atoms with E-state index in [4.69, 9.17) is 10.2 Å². The Labute approximate surface area is 192 Å². The van der Waals surface area contributed by atoms with Gasteiger partial charge < -0.3 is 11.0 Å². The van der Waals surface area contributed by atoms with Crippen molar-refractivity contribution in [3.8, 4) is 6.07 Å². The first-order valence-corrected chi connectivity index (χ1v) is 8.95. The van der Waals surface area contributed by atoms with Gasteiger partial charge in [-0.2, -0.15) is 5.26 Å². The molecule has 0 saturated heterocycles. The normalized spacial score (nSPS) is 10.1. The van der Waals surface area contributed by atoms with E-state index in [-0.39, 0.29) is 32.7 Å². The molecule has 0 bridgehead atoms. The van der Waals surface area contributed by atoms with Crippen LogP contribution < -0.4 is 4.90 Å². The van der Waals surface area contributed by atoms with E-state index in [9.17, 15) is 0 Å².